The van der Waals surface area contributed by atoms with Crippen molar-refractivity contribution in [2.45, 2.75) is 37.8 Å². The fourth-order valence-corrected chi connectivity index (χ4v) is 4.12. The van der Waals surface area contributed by atoms with Gasteiger partial charge in [0.25, 0.3) is 0 Å². The Morgan fingerprint density at radius 3 is 1.97 bits per heavy atom. The molecule has 0 bridgehead atoms. The number of benzene rings is 3. The highest BCUT2D eigenvalue weighted by atomic mass is 16.5. The molecule has 0 saturated heterocycles. The van der Waals surface area contributed by atoms with Gasteiger partial charge in [-0.15, -0.1) is 0 Å². The Hall–Kier alpha value is -3.60. The zero-order valence-corrected chi connectivity index (χ0v) is 18.2. The minimum Gasteiger partial charge on any atom is -0.507 e. The molecule has 1 aliphatic rings. The lowest BCUT2D eigenvalue weighted by Crippen LogP contribution is -2.27. The summed E-state index contributed by atoms with van der Waals surface area (Å²) in [6.45, 7) is 0. The van der Waals surface area contributed by atoms with E-state index in [-0.39, 0.29) is 23.6 Å². The summed E-state index contributed by atoms with van der Waals surface area (Å²) in [5.41, 5.74) is 3.09. The number of ether oxygens (including phenoxy) is 1. The van der Waals surface area contributed by atoms with E-state index in [9.17, 15) is 10.2 Å². The third-order valence-corrected chi connectivity index (χ3v) is 5.91. The molecule has 0 aliphatic heterocycles. The number of para-hydroxylation sites is 2. The fraction of sp³-hybridized carbons (Fsp3) is 0.259. The monoisotopic (exact) mass is 428 g/mol. The molecule has 0 heterocycles. The van der Waals surface area contributed by atoms with Crippen LogP contribution in [-0.4, -0.2) is 41.8 Å². The van der Waals surface area contributed by atoms with Gasteiger partial charge in [-0.05, 0) is 36.6 Å². The predicted octanol–water partition coefficient (Wildman–Crippen LogP) is 5.62. The lowest BCUT2D eigenvalue weighted by molar-refractivity contribution is 0.373. The lowest BCUT2D eigenvalue weighted by Gasteiger charge is -2.25. The highest BCUT2D eigenvalue weighted by molar-refractivity contribution is 5.88. The molecule has 32 heavy (non-hydrogen) atoms. The molecule has 0 spiro atoms. The van der Waals surface area contributed by atoms with Crippen molar-refractivity contribution in [3.8, 4) is 28.4 Å². The molecule has 3 aromatic carbocycles. The normalized spacial score (nSPS) is 18.9. The summed E-state index contributed by atoms with van der Waals surface area (Å²) in [5.74, 6) is 0.762. The number of rotatable bonds is 6. The van der Waals surface area contributed by atoms with Crippen LogP contribution in [0.5, 0.6) is 17.2 Å². The SMILES string of the molecule is COc1cccc(C=N[C@@H]2CCCC[C@H]2N=Cc2cccc(-c3ccccc3)c2O)c1O. The molecular formula is C27H28N2O3. The van der Waals surface area contributed by atoms with E-state index in [1.165, 1.54) is 7.11 Å². The van der Waals surface area contributed by atoms with Crippen LogP contribution in [0.15, 0.2) is 76.7 Å². The number of phenolic OH excluding ortho intramolecular Hbond substituents is 2. The Kier molecular flexibility index (Phi) is 6.85. The molecule has 1 aliphatic carbocycles. The quantitative estimate of drug-likeness (QED) is 0.500. The Balaban J connectivity index is 1.54. The van der Waals surface area contributed by atoms with Gasteiger partial charge in [-0.1, -0.05) is 61.4 Å². The Labute approximate surface area is 188 Å². The van der Waals surface area contributed by atoms with Crippen molar-refractivity contribution in [2.75, 3.05) is 7.11 Å². The van der Waals surface area contributed by atoms with E-state index >= 15 is 0 Å². The highest BCUT2D eigenvalue weighted by Gasteiger charge is 2.23. The second kappa shape index (κ2) is 10.1. The van der Waals surface area contributed by atoms with Gasteiger partial charge in [-0.3, -0.25) is 9.98 Å². The molecule has 2 atom stereocenters. The number of aliphatic imine (C=N–C) groups is 2. The van der Waals surface area contributed by atoms with Crippen LogP contribution in [0.25, 0.3) is 11.1 Å². The molecule has 3 aromatic rings. The Morgan fingerprint density at radius 1 is 0.750 bits per heavy atom. The van der Waals surface area contributed by atoms with Gasteiger partial charge in [0, 0.05) is 29.1 Å². The van der Waals surface area contributed by atoms with E-state index in [1.807, 2.05) is 60.7 Å². The van der Waals surface area contributed by atoms with Crippen LogP contribution >= 0.6 is 0 Å². The topological polar surface area (TPSA) is 74.4 Å². The Bertz CT molecular complexity index is 1110. The summed E-state index contributed by atoms with van der Waals surface area (Å²) < 4.78 is 5.18. The van der Waals surface area contributed by atoms with E-state index in [0.717, 1.165) is 36.8 Å². The lowest BCUT2D eigenvalue weighted by atomic mass is 9.91. The van der Waals surface area contributed by atoms with Crippen molar-refractivity contribution in [1.29, 1.82) is 0 Å². The van der Waals surface area contributed by atoms with Crippen molar-refractivity contribution < 1.29 is 14.9 Å². The second-order valence-electron chi connectivity index (χ2n) is 7.98. The smallest absolute Gasteiger partial charge is 0.166 e. The summed E-state index contributed by atoms with van der Waals surface area (Å²) >= 11 is 0. The van der Waals surface area contributed by atoms with Gasteiger partial charge in [0.1, 0.15) is 5.75 Å². The van der Waals surface area contributed by atoms with Gasteiger partial charge in [0.05, 0.1) is 19.2 Å². The van der Waals surface area contributed by atoms with Crippen LogP contribution in [0.4, 0.5) is 0 Å². The first kappa shape index (κ1) is 21.6. The third kappa shape index (κ3) is 4.83. The maximum absolute atomic E-state index is 10.8. The largest absolute Gasteiger partial charge is 0.507 e. The van der Waals surface area contributed by atoms with Gasteiger partial charge in [-0.2, -0.15) is 0 Å². The van der Waals surface area contributed by atoms with Crippen molar-refractivity contribution >= 4 is 12.4 Å². The molecule has 2 N–H and O–H groups in total. The standard InChI is InChI=1S/C27H28N2O3/c1-32-25-16-8-12-21(27(25)31)18-29-24-15-6-5-14-23(24)28-17-20-11-7-13-22(26(20)30)19-9-3-2-4-10-19/h2-4,7-13,16-18,23-24,30-31H,5-6,14-15H2,1H3/t23-,24-/m1/s1. The van der Waals surface area contributed by atoms with Crippen molar-refractivity contribution in [2.24, 2.45) is 9.98 Å². The summed E-state index contributed by atoms with van der Waals surface area (Å²) in [7, 11) is 1.53. The van der Waals surface area contributed by atoms with Crippen LogP contribution in [0.1, 0.15) is 36.8 Å². The van der Waals surface area contributed by atoms with Crippen LogP contribution < -0.4 is 4.74 Å². The van der Waals surface area contributed by atoms with Gasteiger partial charge in [0.15, 0.2) is 11.5 Å². The maximum Gasteiger partial charge on any atom is 0.166 e. The molecule has 4 rings (SSSR count). The molecule has 1 saturated carbocycles. The van der Waals surface area contributed by atoms with Crippen molar-refractivity contribution in [3.05, 3.63) is 77.9 Å². The van der Waals surface area contributed by atoms with Crippen LogP contribution in [0.2, 0.25) is 0 Å². The second-order valence-corrected chi connectivity index (χ2v) is 7.98. The number of methoxy groups -OCH3 is 1. The zero-order chi connectivity index (χ0) is 22.3. The first-order chi connectivity index (χ1) is 15.7. The number of phenols is 2. The van der Waals surface area contributed by atoms with Gasteiger partial charge < -0.3 is 14.9 Å². The van der Waals surface area contributed by atoms with E-state index in [4.69, 9.17) is 14.7 Å². The number of aromatic hydroxyl groups is 2. The number of hydrogen-bond donors (Lipinski definition) is 2. The van der Waals surface area contributed by atoms with Gasteiger partial charge >= 0.3 is 0 Å². The molecular weight excluding hydrogens is 400 g/mol. The van der Waals surface area contributed by atoms with E-state index in [1.54, 1.807) is 18.5 Å². The van der Waals surface area contributed by atoms with Gasteiger partial charge in [0.2, 0.25) is 0 Å². The Morgan fingerprint density at radius 2 is 1.34 bits per heavy atom. The predicted molar refractivity (Wildman–Crippen MR) is 129 cm³/mol. The highest BCUT2D eigenvalue weighted by Crippen LogP contribution is 2.32. The van der Waals surface area contributed by atoms with Crippen LogP contribution in [0, 0.1) is 0 Å². The first-order valence-electron chi connectivity index (χ1n) is 11.0. The average Bonchev–Trinajstić information content (AvgIpc) is 2.84. The minimum atomic E-state index is 0.0325. The summed E-state index contributed by atoms with van der Waals surface area (Å²) in [5, 5.41) is 21.1. The molecule has 5 heteroatoms. The molecule has 164 valence electrons. The van der Waals surface area contributed by atoms with E-state index in [2.05, 4.69) is 0 Å². The minimum absolute atomic E-state index is 0.0325. The van der Waals surface area contributed by atoms with E-state index in [0.29, 0.717) is 16.9 Å². The molecule has 0 unspecified atom stereocenters. The first-order valence-corrected chi connectivity index (χ1v) is 11.0. The molecule has 0 amide bonds. The summed E-state index contributed by atoms with van der Waals surface area (Å²) in [6.07, 6.45) is 7.58. The van der Waals surface area contributed by atoms with Crippen molar-refractivity contribution in [3.63, 3.8) is 0 Å². The molecule has 0 radical (unpaired) electrons. The fourth-order valence-electron chi connectivity index (χ4n) is 4.12. The molecule has 1 fully saturated rings. The van der Waals surface area contributed by atoms with Gasteiger partial charge in [-0.25, -0.2) is 0 Å². The van der Waals surface area contributed by atoms with Crippen LogP contribution in [0.3, 0.4) is 0 Å². The zero-order valence-electron chi connectivity index (χ0n) is 18.2. The average molecular weight is 429 g/mol. The summed E-state index contributed by atoms with van der Waals surface area (Å²) in [6, 6.07) is 21.0. The maximum atomic E-state index is 10.8. The summed E-state index contributed by atoms with van der Waals surface area (Å²) in [4.78, 5) is 9.57. The molecule has 0 aromatic heterocycles. The number of hydrogen-bond acceptors (Lipinski definition) is 5. The van der Waals surface area contributed by atoms with E-state index < -0.39 is 0 Å². The molecule has 5 nitrogen and oxygen atoms in total. The third-order valence-electron chi connectivity index (χ3n) is 5.91. The number of nitrogens with zero attached hydrogens (tertiary/aromatic N) is 2. The van der Waals surface area contributed by atoms with Crippen molar-refractivity contribution in [1.82, 2.24) is 0 Å². The van der Waals surface area contributed by atoms with Crippen LogP contribution in [-0.2, 0) is 0 Å².